The van der Waals surface area contributed by atoms with Crippen molar-refractivity contribution in [2.45, 2.75) is 19.8 Å². The number of unbranched alkanes of at least 4 members (excludes halogenated alkanes) is 1. The van der Waals surface area contributed by atoms with Crippen molar-refractivity contribution < 1.29 is 0 Å². The van der Waals surface area contributed by atoms with Gasteiger partial charge in [-0.1, -0.05) is 13.3 Å². The van der Waals surface area contributed by atoms with Gasteiger partial charge in [0, 0.05) is 6.54 Å². The number of nitrogens with zero attached hydrogens (tertiary/aromatic N) is 3. The van der Waals surface area contributed by atoms with Gasteiger partial charge < -0.3 is 16.4 Å². The summed E-state index contributed by atoms with van der Waals surface area (Å²) in [4.78, 5) is 9.75. The number of hydrogen-bond donors (Lipinski definition) is 2. The normalized spacial score (nSPS) is 17.2. The first kappa shape index (κ1) is 8.83. The molecule has 0 radical (unpaired) electrons. The molecule has 1 aliphatic rings. The molecule has 5 nitrogen and oxygen atoms in total. The molecule has 0 unspecified atom stereocenters. The molecule has 1 rings (SSSR count). The molecule has 0 aromatic heterocycles. The van der Waals surface area contributed by atoms with E-state index in [1.54, 1.807) is 0 Å². The van der Waals surface area contributed by atoms with Crippen LogP contribution in [0.3, 0.4) is 0 Å². The minimum Gasteiger partial charge on any atom is -0.369 e. The fourth-order valence-corrected chi connectivity index (χ4v) is 0.988. The highest BCUT2D eigenvalue weighted by Gasteiger charge is 2.10. The average Bonchev–Trinajstić information content (AvgIpc) is 2.03. The number of rotatable bonds is 3. The lowest BCUT2D eigenvalue weighted by molar-refractivity contribution is 0.411. The lowest BCUT2D eigenvalue weighted by Gasteiger charge is -2.23. The maximum absolute atomic E-state index is 5.63. The molecule has 0 saturated heterocycles. The lowest BCUT2D eigenvalue weighted by Crippen LogP contribution is -2.42. The van der Waals surface area contributed by atoms with Crippen LogP contribution in [-0.2, 0) is 0 Å². The number of aliphatic imine (C=N–C) groups is 2. The Morgan fingerprint density at radius 3 is 2.83 bits per heavy atom. The fraction of sp³-hybridized carbons (Fsp3) is 0.714. The summed E-state index contributed by atoms with van der Waals surface area (Å²) in [6.07, 6.45) is 2.24. The molecular formula is C7H15N5. The second kappa shape index (κ2) is 3.94. The summed E-state index contributed by atoms with van der Waals surface area (Å²) < 4.78 is 0. The molecule has 12 heavy (non-hydrogen) atoms. The van der Waals surface area contributed by atoms with Crippen molar-refractivity contribution in [2.75, 3.05) is 13.2 Å². The highest BCUT2D eigenvalue weighted by Crippen LogP contribution is 1.98. The molecule has 0 bridgehead atoms. The molecular weight excluding hydrogens is 154 g/mol. The zero-order chi connectivity index (χ0) is 8.97. The Morgan fingerprint density at radius 1 is 1.50 bits per heavy atom. The van der Waals surface area contributed by atoms with Gasteiger partial charge in [0.05, 0.1) is 0 Å². The molecule has 1 aliphatic heterocycles. The van der Waals surface area contributed by atoms with Crippen molar-refractivity contribution in [3.63, 3.8) is 0 Å². The van der Waals surface area contributed by atoms with E-state index in [1.807, 2.05) is 4.90 Å². The van der Waals surface area contributed by atoms with Crippen LogP contribution in [0.5, 0.6) is 0 Å². The van der Waals surface area contributed by atoms with Crippen molar-refractivity contribution in [3.8, 4) is 0 Å². The van der Waals surface area contributed by atoms with E-state index in [4.69, 9.17) is 11.5 Å². The van der Waals surface area contributed by atoms with E-state index < -0.39 is 0 Å². The average molecular weight is 169 g/mol. The lowest BCUT2D eigenvalue weighted by atomic mass is 10.3. The van der Waals surface area contributed by atoms with E-state index in [2.05, 4.69) is 16.9 Å². The molecule has 0 aromatic carbocycles. The van der Waals surface area contributed by atoms with Gasteiger partial charge in [-0.05, 0) is 6.42 Å². The number of guanidine groups is 2. The molecule has 0 atom stereocenters. The molecule has 1 heterocycles. The van der Waals surface area contributed by atoms with Gasteiger partial charge in [0.2, 0.25) is 11.9 Å². The van der Waals surface area contributed by atoms with Crippen molar-refractivity contribution in [1.82, 2.24) is 4.90 Å². The summed E-state index contributed by atoms with van der Waals surface area (Å²) in [5.74, 6) is 0.760. The van der Waals surface area contributed by atoms with Crippen LogP contribution in [0, 0.1) is 0 Å². The van der Waals surface area contributed by atoms with Gasteiger partial charge >= 0.3 is 0 Å². The third-order valence-corrected chi connectivity index (χ3v) is 1.74. The van der Waals surface area contributed by atoms with Crippen LogP contribution < -0.4 is 11.5 Å². The van der Waals surface area contributed by atoms with Gasteiger partial charge in [0.15, 0.2) is 0 Å². The van der Waals surface area contributed by atoms with Gasteiger partial charge in [0.25, 0.3) is 0 Å². The molecule has 0 aliphatic carbocycles. The first-order valence-electron chi connectivity index (χ1n) is 4.13. The van der Waals surface area contributed by atoms with E-state index in [0.29, 0.717) is 12.6 Å². The van der Waals surface area contributed by atoms with Gasteiger partial charge in [0.1, 0.15) is 6.67 Å². The van der Waals surface area contributed by atoms with Gasteiger partial charge in [-0.3, -0.25) is 0 Å². The van der Waals surface area contributed by atoms with Crippen LogP contribution in [0.4, 0.5) is 0 Å². The Bertz CT molecular complexity index is 208. The highest BCUT2D eigenvalue weighted by molar-refractivity contribution is 5.94. The Hall–Kier alpha value is -1.26. The zero-order valence-electron chi connectivity index (χ0n) is 7.32. The molecule has 0 amide bonds. The van der Waals surface area contributed by atoms with E-state index in [9.17, 15) is 0 Å². The van der Waals surface area contributed by atoms with Crippen molar-refractivity contribution in [3.05, 3.63) is 0 Å². The monoisotopic (exact) mass is 169 g/mol. The second-order valence-corrected chi connectivity index (χ2v) is 2.74. The Kier molecular flexibility index (Phi) is 2.90. The number of hydrogen-bond acceptors (Lipinski definition) is 5. The SMILES string of the molecule is CCCCN1CN=C(N)N=C1N. The third kappa shape index (κ3) is 2.11. The molecule has 68 valence electrons. The maximum Gasteiger partial charge on any atom is 0.220 e. The topological polar surface area (TPSA) is 80.0 Å². The van der Waals surface area contributed by atoms with Crippen molar-refractivity contribution in [2.24, 2.45) is 21.5 Å². The summed E-state index contributed by atoms with van der Waals surface area (Å²) in [5, 5.41) is 0. The van der Waals surface area contributed by atoms with Crippen LogP contribution >= 0.6 is 0 Å². The molecule has 4 N–H and O–H groups in total. The van der Waals surface area contributed by atoms with E-state index in [1.165, 1.54) is 0 Å². The van der Waals surface area contributed by atoms with Gasteiger partial charge in [-0.2, -0.15) is 4.99 Å². The van der Waals surface area contributed by atoms with Gasteiger partial charge in [-0.25, -0.2) is 4.99 Å². The summed E-state index contributed by atoms with van der Waals surface area (Å²) in [5.41, 5.74) is 11.0. The first-order chi connectivity index (χ1) is 5.74. The fourth-order valence-electron chi connectivity index (χ4n) is 0.988. The predicted molar refractivity (Wildman–Crippen MR) is 49.7 cm³/mol. The molecule has 0 aromatic rings. The third-order valence-electron chi connectivity index (χ3n) is 1.74. The zero-order valence-corrected chi connectivity index (χ0v) is 7.32. The minimum absolute atomic E-state index is 0.278. The Balaban J connectivity index is 2.44. The quantitative estimate of drug-likeness (QED) is 0.608. The Morgan fingerprint density at radius 2 is 2.25 bits per heavy atom. The summed E-state index contributed by atoms with van der Waals surface area (Å²) in [6, 6.07) is 0. The van der Waals surface area contributed by atoms with Crippen molar-refractivity contribution in [1.29, 1.82) is 0 Å². The van der Waals surface area contributed by atoms with Crippen LogP contribution in [0.2, 0.25) is 0 Å². The van der Waals surface area contributed by atoms with E-state index in [-0.39, 0.29) is 5.96 Å². The summed E-state index contributed by atoms with van der Waals surface area (Å²) >= 11 is 0. The number of nitrogens with two attached hydrogens (primary N) is 2. The van der Waals surface area contributed by atoms with Crippen LogP contribution in [0.15, 0.2) is 9.98 Å². The molecule has 5 heteroatoms. The van der Waals surface area contributed by atoms with Crippen molar-refractivity contribution >= 4 is 11.9 Å². The van der Waals surface area contributed by atoms with Crippen LogP contribution in [0.25, 0.3) is 0 Å². The summed E-state index contributed by atoms with van der Waals surface area (Å²) in [6.45, 7) is 3.58. The molecule has 0 saturated carbocycles. The standard InChI is InChI=1S/C7H15N5/c1-2-3-4-12-5-10-6(8)11-7(12)9/h2-5H2,1H3,(H4,8,9,10,11). The second-order valence-electron chi connectivity index (χ2n) is 2.74. The van der Waals surface area contributed by atoms with E-state index in [0.717, 1.165) is 19.4 Å². The molecule has 0 fully saturated rings. The first-order valence-corrected chi connectivity index (χ1v) is 4.13. The summed E-state index contributed by atoms with van der Waals surface area (Å²) in [7, 11) is 0. The maximum atomic E-state index is 5.63. The highest BCUT2D eigenvalue weighted by atomic mass is 15.3. The predicted octanol–water partition coefficient (Wildman–Crippen LogP) is -0.311. The van der Waals surface area contributed by atoms with E-state index >= 15 is 0 Å². The van der Waals surface area contributed by atoms with Crippen LogP contribution in [-0.4, -0.2) is 30.0 Å². The van der Waals surface area contributed by atoms with Gasteiger partial charge in [-0.15, -0.1) is 0 Å². The molecule has 0 spiro atoms. The van der Waals surface area contributed by atoms with Crippen LogP contribution in [0.1, 0.15) is 19.8 Å². The minimum atomic E-state index is 0.278. The Labute approximate surface area is 72.2 Å². The largest absolute Gasteiger partial charge is 0.369 e. The smallest absolute Gasteiger partial charge is 0.220 e.